The third kappa shape index (κ3) is 3.62. The number of ether oxygens (including phenoxy) is 4. The standard InChI is InChI=1S/C17H18N2O4S/c1-20-12-4-6-14(21-2)13(10-12)19-17(24)18-11-3-5-15-16(9-11)23-8-7-22-15/h3-6,9-10H,7-8H2,1-2H3,(H2,18,19,24). The lowest BCUT2D eigenvalue weighted by Crippen LogP contribution is -2.20. The summed E-state index contributed by atoms with van der Waals surface area (Å²) in [7, 11) is 3.21. The van der Waals surface area contributed by atoms with E-state index in [1.54, 1.807) is 14.2 Å². The predicted octanol–water partition coefficient (Wildman–Crippen LogP) is 3.28. The smallest absolute Gasteiger partial charge is 0.175 e. The Hall–Kier alpha value is -2.67. The van der Waals surface area contributed by atoms with Gasteiger partial charge in [-0.3, -0.25) is 0 Å². The van der Waals surface area contributed by atoms with E-state index in [1.807, 2.05) is 36.4 Å². The van der Waals surface area contributed by atoms with E-state index in [-0.39, 0.29) is 0 Å². The van der Waals surface area contributed by atoms with Crippen LogP contribution in [0.5, 0.6) is 23.0 Å². The molecule has 1 aliphatic rings. The zero-order chi connectivity index (χ0) is 16.9. The van der Waals surface area contributed by atoms with Gasteiger partial charge in [0.1, 0.15) is 24.7 Å². The molecule has 0 bridgehead atoms. The molecule has 0 fully saturated rings. The summed E-state index contributed by atoms with van der Waals surface area (Å²) < 4.78 is 21.6. The zero-order valence-corrected chi connectivity index (χ0v) is 14.2. The van der Waals surface area contributed by atoms with Crippen molar-refractivity contribution in [2.45, 2.75) is 0 Å². The van der Waals surface area contributed by atoms with Crippen LogP contribution >= 0.6 is 12.2 Å². The third-order valence-corrected chi connectivity index (χ3v) is 3.66. The zero-order valence-electron chi connectivity index (χ0n) is 13.4. The SMILES string of the molecule is COc1ccc(OC)c(NC(=S)Nc2ccc3c(c2)OCCO3)c1. The first-order valence-corrected chi connectivity index (χ1v) is 7.80. The van der Waals surface area contributed by atoms with Gasteiger partial charge in [-0.15, -0.1) is 0 Å². The largest absolute Gasteiger partial charge is 0.497 e. The lowest BCUT2D eigenvalue weighted by atomic mass is 10.2. The molecule has 2 aromatic carbocycles. The summed E-state index contributed by atoms with van der Waals surface area (Å²) >= 11 is 5.37. The maximum atomic E-state index is 5.57. The Morgan fingerprint density at radius 3 is 2.50 bits per heavy atom. The second-order valence-corrected chi connectivity index (χ2v) is 5.41. The summed E-state index contributed by atoms with van der Waals surface area (Å²) in [6.45, 7) is 1.11. The molecule has 2 N–H and O–H groups in total. The van der Waals surface area contributed by atoms with Gasteiger partial charge >= 0.3 is 0 Å². The normalized spacial score (nSPS) is 12.2. The van der Waals surface area contributed by atoms with Crippen molar-refractivity contribution in [3.05, 3.63) is 36.4 Å². The number of fused-ring (bicyclic) bond motifs is 1. The molecule has 0 amide bonds. The van der Waals surface area contributed by atoms with Crippen LogP contribution in [0.25, 0.3) is 0 Å². The maximum Gasteiger partial charge on any atom is 0.175 e. The number of thiocarbonyl (C=S) groups is 1. The van der Waals surface area contributed by atoms with E-state index in [4.69, 9.17) is 31.2 Å². The van der Waals surface area contributed by atoms with Crippen molar-refractivity contribution >= 4 is 28.7 Å². The van der Waals surface area contributed by atoms with Gasteiger partial charge in [-0.2, -0.15) is 0 Å². The Morgan fingerprint density at radius 1 is 0.958 bits per heavy atom. The Kier molecular flexibility index (Phi) is 4.90. The summed E-state index contributed by atoms with van der Waals surface area (Å²) in [5, 5.41) is 6.65. The van der Waals surface area contributed by atoms with Crippen LogP contribution in [0.1, 0.15) is 0 Å². The fraction of sp³-hybridized carbons (Fsp3) is 0.235. The molecule has 0 radical (unpaired) electrons. The second kappa shape index (κ2) is 7.27. The minimum atomic E-state index is 0.429. The van der Waals surface area contributed by atoms with Crippen LogP contribution in [-0.2, 0) is 0 Å². The van der Waals surface area contributed by atoms with E-state index in [9.17, 15) is 0 Å². The number of nitrogens with one attached hydrogen (secondary N) is 2. The fourth-order valence-electron chi connectivity index (χ4n) is 2.32. The molecule has 0 unspecified atom stereocenters. The van der Waals surface area contributed by atoms with Crippen molar-refractivity contribution in [3.63, 3.8) is 0 Å². The minimum absolute atomic E-state index is 0.429. The molecule has 0 aliphatic carbocycles. The first kappa shape index (κ1) is 16.2. The van der Waals surface area contributed by atoms with Gasteiger partial charge in [0.05, 0.1) is 19.9 Å². The number of benzene rings is 2. The number of hydrogen-bond donors (Lipinski definition) is 2. The third-order valence-electron chi connectivity index (χ3n) is 3.45. The van der Waals surface area contributed by atoms with Gasteiger partial charge in [-0.1, -0.05) is 0 Å². The first-order valence-electron chi connectivity index (χ1n) is 7.39. The molecule has 0 saturated heterocycles. The summed E-state index contributed by atoms with van der Waals surface area (Å²) in [6, 6.07) is 11.0. The van der Waals surface area contributed by atoms with Crippen LogP contribution in [0.15, 0.2) is 36.4 Å². The van der Waals surface area contributed by atoms with Gasteiger partial charge in [-0.25, -0.2) is 0 Å². The lowest BCUT2D eigenvalue weighted by Gasteiger charge is -2.19. The fourth-order valence-corrected chi connectivity index (χ4v) is 2.55. The number of methoxy groups -OCH3 is 2. The van der Waals surface area contributed by atoms with Gasteiger partial charge < -0.3 is 29.6 Å². The predicted molar refractivity (Wildman–Crippen MR) is 96.8 cm³/mol. The van der Waals surface area contributed by atoms with Crippen molar-refractivity contribution in [2.75, 3.05) is 38.1 Å². The van der Waals surface area contributed by atoms with Crippen LogP contribution in [0.3, 0.4) is 0 Å². The van der Waals surface area contributed by atoms with Crippen LogP contribution < -0.4 is 29.6 Å². The molecule has 1 aliphatic heterocycles. The van der Waals surface area contributed by atoms with Crippen molar-refractivity contribution in [1.29, 1.82) is 0 Å². The van der Waals surface area contributed by atoms with Gasteiger partial charge in [0.15, 0.2) is 16.6 Å². The van der Waals surface area contributed by atoms with Gasteiger partial charge in [0.25, 0.3) is 0 Å². The highest BCUT2D eigenvalue weighted by Gasteiger charge is 2.13. The highest BCUT2D eigenvalue weighted by Crippen LogP contribution is 2.33. The molecule has 7 heteroatoms. The number of anilines is 2. The van der Waals surface area contributed by atoms with E-state index in [2.05, 4.69) is 10.6 Å². The van der Waals surface area contributed by atoms with Crippen molar-refractivity contribution in [2.24, 2.45) is 0 Å². The van der Waals surface area contributed by atoms with E-state index < -0.39 is 0 Å². The second-order valence-electron chi connectivity index (χ2n) is 5.00. The summed E-state index contributed by atoms with van der Waals surface area (Å²) in [5.41, 5.74) is 1.52. The van der Waals surface area contributed by atoms with Gasteiger partial charge in [0.2, 0.25) is 0 Å². The first-order chi connectivity index (χ1) is 11.7. The highest BCUT2D eigenvalue weighted by molar-refractivity contribution is 7.80. The van der Waals surface area contributed by atoms with Crippen LogP contribution in [0, 0.1) is 0 Å². The molecule has 0 spiro atoms. The average Bonchev–Trinajstić information content (AvgIpc) is 2.61. The molecule has 6 nitrogen and oxygen atoms in total. The summed E-state index contributed by atoms with van der Waals surface area (Å²) in [4.78, 5) is 0. The highest BCUT2D eigenvalue weighted by atomic mass is 32.1. The molecule has 1 heterocycles. The monoisotopic (exact) mass is 346 g/mol. The molecule has 0 saturated carbocycles. The van der Waals surface area contributed by atoms with Crippen LogP contribution in [0.2, 0.25) is 0 Å². The van der Waals surface area contributed by atoms with E-state index in [1.165, 1.54) is 0 Å². The lowest BCUT2D eigenvalue weighted by molar-refractivity contribution is 0.171. The van der Waals surface area contributed by atoms with Crippen molar-refractivity contribution < 1.29 is 18.9 Å². The number of hydrogen-bond acceptors (Lipinski definition) is 5. The van der Waals surface area contributed by atoms with Gasteiger partial charge in [-0.05, 0) is 36.5 Å². The summed E-state index contributed by atoms with van der Waals surface area (Å²) in [5.74, 6) is 2.82. The molecule has 3 rings (SSSR count). The molecule has 126 valence electrons. The molecule has 24 heavy (non-hydrogen) atoms. The maximum absolute atomic E-state index is 5.57. The Bertz CT molecular complexity index is 751. The molecular formula is C17H18N2O4S. The Balaban J connectivity index is 1.72. The molecule has 0 atom stereocenters. The Morgan fingerprint density at radius 2 is 1.75 bits per heavy atom. The quantitative estimate of drug-likeness (QED) is 0.824. The summed E-state index contributed by atoms with van der Waals surface area (Å²) in [6.07, 6.45) is 0. The van der Waals surface area contributed by atoms with E-state index in [0.717, 1.165) is 11.4 Å². The average molecular weight is 346 g/mol. The van der Waals surface area contributed by atoms with Crippen molar-refractivity contribution in [3.8, 4) is 23.0 Å². The molecular weight excluding hydrogens is 328 g/mol. The van der Waals surface area contributed by atoms with Crippen molar-refractivity contribution in [1.82, 2.24) is 0 Å². The van der Waals surface area contributed by atoms with E-state index >= 15 is 0 Å². The molecule has 2 aromatic rings. The molecule has 0 aromatic heterocycles. The number of rotatable bonds is 4. The van der Waals surface area contributed by atoms with Gasteiger partial charge in [0, 0.05) is 17.8 Å². The van der Waals surface area contributed by atoms with E-state index in [0.29, 0.717) is 41.3 Å². The minimum Gasteiger partial charge on any atom is -0.497 e. The van der Waals surface area contributed by atoms with Crippen LogP contribution in [-0.4, -0.2) is 32.5 Å². The van der Waals surface area contributed by atoms with Crippen LogP contribution in [0.4, 0.5) is 11.4 Å². The Labute approximate surface area is 145 Å². The topological polar surface area (TPSA) is 61.0 Å².